The molecule has 142 valence electrons. The summed E-state index contributed by atoms with van der Waals surface area (Å²) in [6, 6.07) is 17.4. The van der Waals surface area contributed by atoms with Gasteiger partial charge in [0.25, 0.3) is 0 Å². The van der Waals surface area contributed by atoms with Crippen LogP contribution in [0.3, 0.4) is 0 Å². The molecule has 1 aliphatic heterocycles. The number of nitrogens with one attached hydrogen (secondary N) is 3. The van der Waals surface area contributed by atoms with E-state index in [1.807, 2.05) is 48.5 Å². The van der Waals surface area contributed by atoms with E-state index in [-0.39, 0.29) is 0 Å². The number of amides is 2. The second-order valence-electron chi connectivity index (χ2n) is 6.21. The van der Waals surface area contributed by atoms with E-state index >= 15 is 0 Å². The van der Waals surface area contributed by atoms with E-state index in [0.717, 1.165) is 42.5 Å². The minimum atomic E-state index is -0.642. The van der Waals surface area contributed by atoms with E-state index < -0.39 is 11.8 Å². The van der Waals surface area contributed by atoms with E-state index in [1.54, 1.807) is 17.8 Å². The van der Waals surface area contributed by atoms with Gasteiger partial charge in [-0.25, -0.2) is 0 Å². The summed E-state index contributed by atoms with van der Waals surface area (Å²) in [4.78, 5) is 28.6. The topological polar surface area (TPSA) is 73.5 Å². The quantitative estimate of drug-likeness (QED) is 0.663. The molecule has 1 heterocycles. The van der Waals surface area contributed by atoms with Crippen molar-refractivity contribution < 1.29 is 9.59 Å². The van der Waals surface area contributed by atoms with Crippen LogP contribution in [0.4, 0.5) is 5.69 Å². The Kier molecular flexibility index (Phi) is 7.27. The van der Waals surface area contributed by atoms with E-state index in [2.05, 4.69) is 20.9 Å². The van der Waals surface area contributed by atoms with Crippen molar-refractivity contribution in [2.24, 2.45) is 0 Å². The van der Waals surface area contributed by atoms with Crippen molar-refractivity contribution in [2.45, 2.75) is 9.79 Å². The van der Waals surface area contributed by atoms with Crippen LogP contribution >= 0.6 is 11.8 Å². The molecule has 6 nitrogen and oxygen atoms in total. The van der Waals surface area contributed by atoms with Crippen molar-refractivity contribution in [3.05, 3.63) is 54.6 Å². The fraction of sp³-hybridized carbons (Fsp3) is 0.300. The summed E-state index contributed by atoms with van der Waals surface area (Å²) in [5.74, 6) is -1.25. The molecule has 1 fully saturated rings. The van der Waals surface area contributed by atoms with E-state index in [1.165, 1.54) is 0 Å². The molecular weight excluding hydrogens is 360 g/mol. The van der Waals surface area contributed by atoms with Gasteiger partial charge in [-0.15, -0.1) is 0 Å². The SMILES string of the molecule is O=C(NCCN1CCNCC1)C(=O)Nc1ccccc1Sc1ccccc1. The van der Waals surface area contributed by atoms with E-state index in [9.17, 15) is 9.59 Å². The van der Waals surface area contributed by atoms with Crippen LogP contribution in [0.2, 0.25) is 0 Å². The Bertz CT molecular complexity index is 764. The number of benzene rings is 2. The lowest BCUT2D eigenvalue weighted by atomic mass is 10.3. The van der Waals surface area contributed by atoms with Gasteiger partial charge in [-0.1, -0.05) is 42.1 Å². The maximum atomic E-state index is 12.2. The molecule has 3 rings (SSSR count). The minimum Gasteiger partial charge on any atom is -0.347 e. The summed E-state index contributed by atoms with van der Waals surface area (Å²) in [5.41, 5.74) is 0.633. The van der Waals surface area contributed by atoms with Crippen LogP contribution in [0.5, 0.6) is 0 Å². The standard InChI is InChI=1S/C20H24N4O2S/c25-19(22-12-15-24-13-10-21-11-14-24)20(26)23-17-8-4-5-9-18(17)27-16-6-2-1-3-7-16/h1-9,21H,10-15H2,(H,22,25)(H,23,26). The molecule has 1 aliphatic rings. The lowest BCUT2D eigenvalue weighted by Gasteiger charge is -2.26. The van der Waals surface area contributed by atoms with Crippen molar-refractivity contribution in [3.8, 4) is 0 Å². The van der Waals surface area contributed by atoms with Crippen LogP contribution in [-0.4, -0.2) is 56.0 Å². The lowest BCUT2D eigenvalue weighted by Crippen LogP contribution is -2.47. The first-order valence-electron chi connectivity index (χ1n) is 9.06. The minimum absolute atomic E-state index is 0.465. The van der Waals surface area contributed by atoms with Gasteiger partial charge >= 0.3 is 11.8 Å². The zero-order chi connectivity index (χ0) is 18.9. The first-order chi connectivity index (χ1) is 13.2. The van der Waals surface area contributed by atoms with E-state index in [0.29, 0.717) is 12.2 Å². The molecule has 7 heteroatoms. The summed E-state index contributed by atoms with van der Waals surface area (Å²) < 4.78 is 0. The van der Waals surface area contributed by atoms with Crippen molar-refractivity contribution in [3.63, 3.8) is 0 Å². The molecule has 0 atom stereocenters. The molecule has 1 saturated heterocycles. The summed E-state index contributed by atoms with van der Waals surface area (Å²) in [5, 5.41) is 8.71. The predicted octanol–water partition coefficient (Wildman–Crippen LogP) is 1.80. The highest BCUT2D eigenvalue weighted by Crippen LogP contribution is 2.33. The number of rotatable bonds is 6. The normalized spacial score (nSPS) is 14.5. The first-order valence-corrected chi connectivity index (χ1v) is 9.88. The van der Waals surface area contributed by atoms with Gasteiger partial charge in [0.1, 0.15) is 0 Å². The van der Waals surface area contributed by atoms with Crippen molar-refractivity contribution in [1.29, 1.82) is 0 Å². The van der Waals surface area contributed by atoms with Gasteiger partial charge in [-0.3, -0.25) is 14.5 Å². The molecule has 2 aromatic rings. The van der Waals surface area contributed by atoms with Gasteiger partial charge in [-0.05, 0) is 24.3 Å². The van der Waals surface area contributed by atoms with Crippen molar-refractivity contribution >= 4 is 29.3 Å². The maximum Gasteiger partial charge on any atom is 0.313 e. The monoisotopic (exact) mass is 384 g/mol. The molecule has 27 heavy (non-hydrogen) atoms. The number of carbonyl (C=O) groups excluding carboxylic acids is 2. The lowest BCUT2D eigenvalue weighted by molar-refractivity contribution is -0.136. The Balaban J connectivity index is 1.51. The third-order valence-electron chi connectivity index (χ3n) is 4.24. The Morgan fingerprint density at radius 1 is 0.963 bits per heavy atom. The number of nitrogens with zero attached hydrogens (tertiary/aromatic N) is 1. The van der Waals surface area contributed by atoms with Crippen molar-refractivity contribution in [2.75, 3.05) is 44.6 Å². The molecule has 0 aromatic heterocycles. The van der Waals surface area contributed by atoms with Crippen LogP contribution in [0.15, 0.2) is 64.4 Å². The summed E-state index contributed by atoms with van der Waals surface area (Å²) >= 11 is 1.55. The third-order valence-corrected chi connectivity index (χ3v) is 5.32. The number of para-hydroxylation sites is 1. The first kappa shape index (κ1) is 19.4. The molecular formula is C20H24N4O2S. The molecule has 2 amide bonds. The van der Waals surface area contributed by atoms with E-state index in [4.69, 9.17) is 0 Å². The highest BCUT2D eigenvalue weighted by Gasteiger charge is 2.16. The highest BCUT2D eigenvalue weighted by molar-refractivity contribution is 7.99. The molecule has 0 saturated carbocycles. The second-order valence-corrected chi connectivity index (χ2v) is 7.33. The van der Waals surface area contributed by atoms with Gasteiger partial charge in [0.15, 0.2) is 0 Å². The number of hydrogen-bond acceptors (Lipinski definition) is 5. The largest absolute Gasteiger partial charge is 0.347 e. The molecule has 0 aliphatic carbocycles. The smallest absolute Gasteiger partial charge is 0.313 e. The number of anilines is 1. The van der Waals surface area contributed by atoms with Gasteiger partial charge in [0.05, 0.1) is 5.69 Å². The number of hydrogen-bond donors (Lipinski definition) is 3. The summed E-state index contributed by atoms with van der Waals surface area (Å²) in [6.45, 7) is 5.07. The predicted molar refractivity (Wildman–Crippen MR) is 108 cm³/mol. The molecule has 0 spiro atoms. The van der Waals surface area contributed by atoms with Crippen LogP contribution < -0.4 is 16.0 Å². The number of piperazine rings is 1. The average Bonchev–Trinajstić information content (AvgIpc) is 2.71. The summed E-state index contributed by atoms with van der Waals surface area (Å²) in [7, 11) is 0. The Hall–Kier alpha value is -2.35. The zero-order valence-corrected chi connectivity index (χ0v) is 15.9. The van der Waals surface area contributed by atoms with Crippen LogP contribution in [0, 0.1) is 0 Å². The Morgan fingerprint density at radius 3 is 2.44 bits per heavy atom. The van der Waals surface area contributed by atoms with Gasteiger partial charge in [-0.2, -0.15) is 0 Å². The van der Waals surface area contributed by atoms with Crippen LogP contribution in [0.25, 0.3) is 0 Å². The fourth-order valence-corrected chi connectivity index (χ4v) is 3.72. The van der Waals surface area contributed by atoms with Gasteiger partial charge in [0.2, 0.25) is 0 Å². The summed E-state index contributed by atoms with van der Waals surface area (Å²) in [6.07, 6.45) is 0. The number of carbonyl (C=O) groups is 2. The fourth-order valence-electron chi connectivity index (χ4n) is 2.80. The zero-order valence-electron chi connectivity index (χ0n) is 15.1. The Labute approximate surface area is 163 Å². The second kappa shape index (κ2) is 10.1. The van der Waals surface area contributed by atoms with Gasteiger partial charge < -0.3 is 16.0 Å². The Morgan fingerprint density at radius 2 is 1.67 bits per heavy atom. The molecule has 2 aromatic carbocycles. The highest BCUT2D eigenvalue weighted by atomic mass is 32.2. The van der Waals surface area contributed by atoms with Gasteiger partial charge in [0, 0.05) is 49.1 Å². The molecule has 0 unspecified atom stereocenters. The van der Waals surface area contributed by atoms with Crippen LogP contribution in [-0.2, 0) is 9.59 Å². The average molecular weight is 385 g/mol. The van der Waals surface area contributed by atoms with Crippen molar-refractivity contribution in [1.82, 2.24) is 15.5 Å². The third kappa shape index (κ3) is 6.09. The molecule has 0 bridgehead atoms. The molecule has 3 N–H and O–H groups in total. The maximum absolute atomic E-state index is 12.2. The van der Waals surface area contributed by atoms with Crippen LogP contribution in [0.1, 0.15) is 0 Å². The molecule has 0 radical (unpaired) electrons.